The van der Waals surface area contributed by atoms with Crippen LogP contribution in [0.1, 0.15) is 11.1 Å². The number of hydrogen-bond donors (Lipinski definition) is 1. The summed E-state index contributed by atoms with van der Waals surface area (Å²) in [5.74, 6) is 0.930. The molecule has 1 aromatic carbocycles. The molecule has 1 heterocycles. The second kappa shape index (κ2) is 2.96. The summed E-state index contributed by atoms with van der Waals surface area (Å²) in [6.45, 7) is 1.71. The fourth-order valence-corrected chi connectivity index (χ4v) is 1.78. The highest BCUT2D eigenvalue weighted by molar-refractivity contribution is 6.31. The van der Waals surface area contributed by atoms with Gasteiger partial charge in [-0.3, -0.25) is 0 Å². The Morgan fingerprint density at radius 3 is 2.83 bits per heavy atom. The Hall–Kier alpha value is -0.730. The topological polar surface area (TPSA) is 21.3 Å². The lowest BCUT2D eigenvalue weighted by Crippen LogP contribution is -2.00. The normalized spacial score (nSPS) is 14.5. The first-order valence-electron chi connectivity index (χ1n) is 3.88. The van der Waals surface area contributed by atoms with Crippen LogP contribution in [-0.4, -0.2) is 7.11 Å². The Morgan fingerprint density at radius 2 is 2.08 bits per heavy atom. The Kier molecular flexibility index (Phi) is 1.95. The Morgan fingerprint density at radius 1 is 1.33 bits per heavy atom. The van der Waals surface area contributed by atoms with Gasteiger partial charge in [-0.05, 0) is 17.7 Å². The van der Waals surface area contributed by atoms with Crippen LogP contribution < -0.4 is 10.1 Å². The molecular formula is C9H10ClNO. The predicted octanol–water partition coefficient (Wildman–Crippen LogP) is 1.95. The summed E-state index contributed by atoms with van der Waals surface area (Å²) in [4.78, 5) is 0. The molecule has 0 atom stereocenters. The molecule has 1 aliphatic heterocycles. The van der Waals surface area contributed by atoms with E-state index in [9.17, 15) is 0 Å². The van der Waals surface area contributed by atoms with E-state index in [1.807, 2.05) is 12.1 Å². The third-order valence-electron chi connectivity index (χ3n) is 2.15. The maximum absolute atomic E-state index is 6.00. The van der Waals surface area contributed by atoms with Crippen molar-refractivity contribution >= 4 is 11.6 Å². The number of benzene rings is 1. The molecule has 1 aromatic rings. The van der Waals surface area contributed by atoms with Crippen LogP contribution in [0.15, 0.2) is 12.1 Å². The monoisotopic (exact) mass is 183 g/mol. The van der Waals surface area contributed by atoms with Gasteiger partial charge in [-0.1, -0.05) is 11.6 Å². The minimum Gasteiger partial charge on any atom is -0.496 e. The molecular weight excluding hydrogens is 174 g/mol. The van der Waals surface area contributed by atoms with Gasteiger partial charge in [0.2, 0.25) is 0 Å². The molecule has 0 fully saturated rings. The molecule has 0 aromatic heterocycles. The summed E-state index contributed by atoms with van der Waals surface area (Å²) in [7, 11) is 1.68. The SMILES string of the molecule is COc1ccc(Cl)c2c1CNC2. The van der Waals surface area contributed by atoms with Crippen LogP contribution in [-0.2, 0) is 13.1 Å². The van der Waals surface area contributed by atoms with Gasteiger partial charge >= 0.3 is 0 Å². The molecule has 1 aliphatic rings. The highest BCUT2D eigenvalue weighted by atomic mass is 35.5. The number of methoxy groups -OCH3 is 1. The van der Waals surface area contributed by atoms with Crippen molar-refractivity contribution in [1.29, 1.82) is 0 Å². The van der Waals surface area contributed by atoms with Crippen molar-refractivity contribution in [3.63, 3.8) is 0 Å². The predicted molar refractivity (Wildman–Crippen MR) is 48.5 cm³/mol. The van der Waals surface area contributed by atoms with Gasteiger partial charge in [0.1, 0.15) is 5.75 Å². The maximum Gasteiger partial charge on any atom is 0.123 e. The average Bonchev–Trinajstić information content (AvgIpc) is 2.54. The van der Waals surface area contributed by atoms with Gasteiger partial charge in [0, 0.05) is 23.7 Å². The minimum atomic E-state index is 0.829. The highest BCUT2D eigenvalue weighted by Crippen LogP contribution is 2.31. The van der Waals surface area contributed by atoms with Crippen molar-refractivity contribution in [2.45, 2.75) is 13.1 Å². The molecule has 0 bridgehead atoms. The molecule has 0 saturated carbocycles. The average molecular weight is 184 g/mol. The molecule has 2 rings (SSSR count). The molecule has 0 unspecified atom stereocenters. The third kappa shape index (κ3) is 1.08. The highest BCUT2D eigenvalue weighted by Gasteiger charge is 2.17. The van der Waals surface area contributed by atoms with Gasteiger partial charge in [-0.25, -0.2) is 0 Å². The number of fused-ring (bicyclic) bond motifs is 1. The van der Waals surface area contributed by atoms with Crippen molar-refractivity contribution in [1.82, 2.24) is 5.32 Å². The van der Waals surface area contributed by atoms with Gasteiger partial charge in [-0.15, -0.1) is 0 Å². The molecule has 0 amide bonds. The number of hydrogen-bond acceptors (Lipinski definition) is 2. The lowest BCUT2D eigenvalue weighted by molar-refractivity contribution is 0.410. The van der Waals surface area contributed by atoms with E-state index in [1.54, 1.807) is 7.11 Å². The lowest BCUT2D eigenvalue weighted by Gasteiger charge is -2.06. The first-order chi connectivity index (χ1) is 5.83. The molecule has 12 heavy (non-hydrogen) atoms. The van der Waals surface area contributed by atoms with E-state index >= 15 is 0 Å². The zero-order valence-electron chi connectivity index (χ0n) is 6.86. The van der Waals surface area contributed by atoms with Crippen LogP contribution in [0.2, 0.25) is 5.02 Å². The first kappa shape index (κ1) is 7.90. The summed E-state index contributed by atoms with van der Waals surface area (Å²) in [6, 6.07) is 3.79. The van der Waals surface area contributed by atoms with Crippen molar-refractivity contribution < 1.29 is 4.74 Å². The molecule has 0 spiro atoms. The van der Waals surface area contributed by atoms with Crippen molar-refractivity contribution in [3.05, 3.63) is 28.3 Å². The minimum absolute atomic E-state index is 0.829. The summed E-state index contributed by atoms with van der Waals surface area (Å²) < 4.78 is 5.21. The van der Waals surface area contributed by atoms with Crippen molar-refractivity contribution in [2.75, 3.05) is 7.11 Å². The van der Waals surface area contributed by atoms with E-state index in [-0.39, 0.29) is 0 Å². The molecule has 1 N–H and O–H groups in total. The lowest BCUT2D eigenvalue weighted by atomic mass is 10.1. The molecule has 0 aliphatic carbocycles. The van der Waals surface area contributed by atoms with E-state index < -0.39 is 0 Å². The first-order valence-corrected chi connectivity index (χ1v) is 4.25. The number of rotatable bonds is 1. The molecule has 0 saturated heterocycles. The van der Waals surface area contributed by atoms with E-state index in [2.05, 4.69) is 5.32 Å². The van der Waals surface area contributed by atoms with Crippen LogP contribution in [0.4, 0.5) is 0 Å². The molecule has 2 nitrogen and oxygen atoms in total. The van der Waals surface area contributed by atoms with Gasteiger partial charge in [0.05, 0.1) is 7.11 Å². The summed E-state index contributed by atoms with van der Waals surface area (Å²) >= 11 is 6.00. The Bertz CT molecular complexity index is 312. The number of halogens is 1. The Balaban J connectivity index is 2.57. The van der Waals surface area contributed by atoms with Gasteiger partial charge < -0.3 is 10.1 Å². The number of nitrogens with one attached hydrogen (secondary N) is 1. The van der Waals surface area contributed by atoms with Crippen LogP contribution >= 0.6 is 11.6 Å². The van der Waals surface area contributed by atoms with Crippen molar-refractivity contribution in [2.24, 2.45) is 0 Å². The van der Waals surface area contributed by atoms with E-state index in [1.165, 1.54) is 11.1 Å². The zero-order chi connectivity index (χ0) is 8.55. The van der Waals surface area contributed by atoms with Crippen LogP contribution in [0, 0.1) is 0 Å². The smallest absolute Gasteiger partial charge is 0.123 e. The molecule has 64 valence electrons. The zero-order valence-corrected chi connectivity index (χ0v) is 7.61. The standard InChI is InChI=1S/C9H10ClNO/c1-12-9-3-2-8(10)6-4-11-5-7(6)9/h2-3,11H,4-5H2,1H3. The summed E-state index contributed by atoms with van der Waals surface area (Å²) in [5.41, 5.74) is 2.38. The van der Waals surface area contributed by atoms with E-state index in [0.717, 1.165) is 23.9 Å². The van der Waals surface area contributed by atoms with Crippen LogP contribution in [0.3, 0.4) is 0 Å². The summed E-state index contributed by atoms with van der Waals surface area (Å²) in [6.07, 6.45) is 0. The fraction of sp³-hybridized carbons (Fsp3) is 0.333. The van der Waals surface area contributed by atoms with Crippen LogP contribution in [0.5, 0.6) is 5.75 Å². The summed E-state index contributed by atoms with van der Waals surface area (Å²) in [5, 5.41) is 4.07. The maximum atomic E-state index is 6.00. The second-order valence-corrected chi connectivity index (χ2v) is 3.22. The molecule has 3 heteroatoms. The largest absolute Gasteiger partial charge is 0.496 e. The van der Waals surface area contributed by atoms with E-state index in [4.69, 9.17) is 16.3 Å². The number of ether oxygens (including phenoxy) is 1. The van der Waals surface area contributed by atoms with Gasteiger partial charge in [-0.2, -0.15) is 0 Å². The fourth-order valence-electron chi connectivity index (χ4n) is 1.53. The third-order valence-corrected chi connectivity index (χ3v) is 2.51. The Labute approximate surface area is 76.5 Å². The quantitative estimate of drug-likeness (QED) is 0.719. The van der Waals surface area contributed by atoms with E-state index in [0.29, 0.717) is 0 Å². The second-order valence-electron chi connectivity index (χ2n) is 2.81. The molecule has 0 radical (unpaired) electrons. The van der Waals surface area contributed by atoms with Crippen molar-refractivity contribution in [3.8, 4) is 5.75 Å². The van der Waals surface area contributed by atoms with Crippen LogP contribution in [0.25, 0.3) is 0 Å². The van der Waals surface area contributed by atoms with Gasteiger partial charge in [0.15, 0.2) is 0 Å². The van der Waals surface area contributed by atoms with Gasteiger partial charge in [0.25, 0.3) is 0 Å².